The van der Waals surface area contributed by atoms with E-state index in [4.69, 9.17) is 0 Å². The zero-order valence-electron chi connectivity index (χ0n) is 28.7. The zero-order chi connectivity index (χ0) is 31.5. The number of rotatable bonds is 33. The minimum Gasteiger partial charge on any atom is -0.394 e. The molecule has 4 nitrogen and oxygen atoms in total. The number of carbonyl (C=O) groups is 1. The van der Waals surface area contributed by atoms with Gasteiger partial charge in [-0.15, -0.1) is 0 Å². The van der Waals surface area contributed by atoms with Gasteiger partial charge in [0, 0.05) is 6.42 Å². The fraction of sp³-hybridized carbons (Fsp3) is 0.821. The summed E-state index contributed by atoms with van der Waals surface area (Å²) in [6.45, 7) is 4.26. The second kappa shape index (κ2) is 35.1. The molecule has 0 saturated heterocycles. The molecular formula is C39H73NO3. The number of hydrogen-bond acceptors (Lipinski definition) is 3. The maximum absolute atomic E-state index is 12.3. The summed E-state index contributed by atoms with van der Waals surface area (Å²) in [6, 6.07) is -0.621. The fourth-order valence-corrected chi connectivity index (χ4v) is 5.46. The molecule has 2 atom stereocenters. The van der Waals surface area contributed by atoms with E-state index in [9.17, 15) is 15.0 Å². The van der Waals surface area contributed by atoms with E-state index in [1.165, 1.54) is 141 Å². The van der Waals surface area contributed by atoms with Crippen LogP contribution in [0.1, 0.15) is 187 Å². The smallest absolute Gasteiger partial charge is 0.220 e. The highest BCUT2D eigenvalue weighted by Crippen LogP contribution is 2.13. The summed E-state index contributed by atoms with van der Waals surface area (Å²) in [7, 11) is 0. The van der Waals surface area contributed by atoms with Crippen LogP contribution in [0.4, 0.5) is 0 Å². The van der Waals surface area contributed by atoms with Crippen molar-refractivity contribution < 1.29 is 15.0 Å². The lowest BCUT2D eigenvalue weighted by molar-refractivity contribution is -0.123. The molecule has 43 heavy (non-hydrogen) atoms. The van der Waals surface area contributed by atoms with Crippen molar-refractivity contribution in [2.75, 3.05) is 6.61 Å². The molecule has 4 heteroatoms. The Morgan fingerprint density at radius 1 is 0.558 bits per heavy atom. The minimum absolute atomic E-state index is 0.0703. The molecule has 0 aliphatic carbocycles. The molecule has 252 valence electrons. The second-order valence-electron chi connectivity index (χ2n) is 12.7. The minimum atomic E-state index is -0.837. The van der Waals surface area contributed by atoms with Gasteiger partial charge in [0.25, 0.3) is 0 Å². The summed E-state index contributed by atoms with van der Waals surface area (Å²) in [5.74, 6) is -0.0703. The predicted molar refractivity (Wildman–Crippen MR) is 188 cm³/mol. The van der Waals surface area contributed by atoms with Crippen LogP contribution in [-0.4, -0.2) is 34.9 Å². The average Bonchev–Trinajstić information content (AvgIpc) is 3.01. The summed E-state index contributed by atoms with van der Waals surface area (Å²) in [5.41, 5.74) is 0. The Morgan fingerprint density at radius 2 is 0.930 bits per heavy atom. The summed E-state index contributed by atoms with van der Waals surface area (Å²) in [4.78, 5) is 12.3. The third-order valence-electron chi connectivity index (χ3n) is 8.40. The Bertz CT molecular complexity index is 657. The Hall–Kier alpha value is -1.39. The van der Waals surface area contributed by atoms with Gasteiger partial charge in [0.2, 0.25) is 5.91 Å². The normalized spacial score (nSPS) is 13.5. The predicted octanol–water partition coefficient (Wildman–Crippen LogP) is 11.1. The number of unbranched alkanes of at least 4 members (excludes halogenated alkanes) is 23. The largest absolute Gasteiger partial charge is 0.394 e. The molecule has 0 aromatic rings. The van der Waals surface area contributed by atoms with E-state index >= 15 is 0 Å². The first-order chi connectivity index (χ1) is 21.2. The van der Waals surface area contributed by atoms with Gasteiger partial charge in [0.1, 0.15) is 0 Å². The molecule has 0 aliphatic rings. The molecule has 0 aromatic carbocycles. The van der Waals surface area contributed by atoms with Crippen LogP contribution >= 0.6 is 0 Å². The molecule has 0 bridgehead atoms. The van der Waals surface area contributed by atoms with Crippen LogP contribution in [0.5, 0.6) is 0 Å². The highest BCUT2D eigenvalue weighted by molar-refractivity contribution is 5.76. The van der Waals surface area contributed by atoms with E-state index in [-0.39, 0.29) is 12.5 Å². The molecule has 2 unspecified atom stereocenters. The standard InChI is InChI=1S/C39H73NO3/c1-3-5-7-9-11-13-15-17-18-19-20-21-22-23-25-27-29-31-33-35-39(43)40-37(36-41)38(42)34-32-30-28-26-24-16-14-12-10-8-6-4-2/h11,13,15,17,32,34,37-38,41-42H,3-10,12,14,16,18-31,33,35-36H2,1-2H3,(H,40,43)/b13-11-,17-15-,34-32+. The molecular weight excluding hydrogens is 530 g/mol. The quantitative estimate of drug-likeness (QED) is 0.0397. The monoisotopic (exact) mass is 604 g/mol. The van der Waals surface area contributed by atoms with Crippen molar-refractivity contribution in [1.82, 2.24) is 5.32 Å². The van der Waals surface area contributed by atoms with Gasteiger partial charge in [-0.05, 0) is 44.9 Å². The van der Waals surface area contributed by atoms with Gasteiger partial charge in [-0.2, -0.15) is 0 Å². The first-order valence-corrected chi connectivity index (χ1v) is 18.7. The van der Waals surface area contributed by atoms with Crippen molar-refractivity contribution in [3.63, 3.8) is 0 Å². The maximum atomic E-state index is 12.3. The van der Waals surface area contributed by atoms with Crippen LogP contribution in [0, 0.1) is 0 Å². The van der Waals surface area contributed by atoms with Crippen molar-refractivity contribution in [2.24, 2.45) is 0 Å². The first-order valence-electron chi connectivity index (χ1n) is 18.7. The van der Waals surface area contributed by atoms with Crippen LogP contribution in [0.25, 0.3) is 0 Å². The molecule has 1 amide bonds. The van der Waals surface area contributed by atoms with Crippen molar-refractivity contribution in [3.8, 4) is 0 Å². The number of aliphatic hydroxyl groups excluding tert-OH is 2. The van der Waals surface area contributed by atoms with Crippen molar-refractivity contribution in [3.05, 3.63) is 36.5 Å². The van der Waals surface area contributed by atoms with E-state index in [2.05, 4.69) is 43.5 Å². The second-order valence-corrected chi connectivity index (χ2v) is 12.7. The lowest BCUT2D eigenvalue weighted by Gasteiger charge is -2.20. The van der Waals surface area contributed by atoms with Crippen molar-refractivity contribution in [2.45, 2.75) is 199 Å². The van der Waals surface area contributed by atoms with Crippen molar-refractivity contribution in [1.29, 1.82) is 0 Å². The van der Waals surface area contributed by atoms with Crippen LogP contribution in [0.2, 0.25) is 0 Å². The van der Waals surface area contributed by atoms with E-state index in [1.54, 1.807) is 6.08 Å². The third kappa shape index (κ3) is 31.8. The number of aliphatic hydroxyl groups is 2. The molecule has 0 aromatic heterocycles. The van der Waals surface area contributed by atoms with Crippen LogP contribution in [0.15, 0.2) is 36.5 Å². The summed E-state index contributed by atoms with van der Waals surface area (Å²) in [5, 5.41) is 22.9. The van der Waals surface area contributed by atoms with Crippen LogP contribution in [0.3, 0.4) is 0 Å². The zero-order valence-corrected chi connectivity index (χ0v) is 28.7. The SMILES string of the molecule is CCCCC/C=C\C=C/CCCCCCCCCCCCC(=O)NC(CO)C(O)/C=C/CCCCCCCCCCCC. The number of amides is 1. The maximum Gasteiger partial charge on any atom is 0.220 e. The van der Waals surface area contributed by atoms with E-state index in [1.807, 2.05) is 6.08 Å². The van der Waals surface area contributed by atoms with Crippen LogP contribution in [-0.2, 0) is 4.79 Å². The van der Waals surface area contributed by atoms with E-state index in [0.29, 0.717) is 6.42 Å². The highest BCUT2D eigenvalue weighted by Gasteiger charge is 2.17. The van der Waals surface area contributed by atoms with E-state index in [0.717, 1.165) is 25.7 Å². The van der Waals surface area contributed by atoms with Gasteiger partial charge >= 0.3 is 0 Å². The van der Waals surface area contributed by atoms with Gasteiger partial charge in [0.05, 0.1) is 18.8 Å². The molecule has 0 spiro atoms. The van der Waals surface area contributed by atoms with Gasteiger partial charge in [-0.1, -0.05) is 172 Å². The highest BCUT2D eigenvalue weighted by atomic mass is 16.3. The molecule has 0 saturated carbocycles. The third-order valence-corrected chi connectivity index (χ3v) is 8.40. The Kier molecular flexibility index (Phi) is 34.0. The Balaban J connectivity index is 3.61. The Labute approximate surface area is 268 Å². The summed E-state index contributed by atoms with van der Waals surface area (Å²) in [6.07, 6.45) is 45.1. The number of hydrogen-bond donors (Lipinski definition) is 3. The molecule has 0 fully saturated rings. The number of carbonyl (C=O) groups excluding carboxylic acids is 1. The fourth-order valence-electron chi connectivity index (χ4n) is 5.46. The Morgan fingerprint density at radius 3 is 1.40 bits per heavy atom. The number of nitrogens with one attached hydrogen (secondary N) is 1. The lowest BCUT2D eigenvalue weighted by atomic mass is 10.0. The van der Waals surface area contributed by atoms with Crippen LogP contribution < -0.4 is 5.32 Å². The van der Waals surface area contributed by atoms with E-state index < -0.39 is 12.1 Å². The molecule has 0 heterocycles. The molecule has 0 aliphatic heterocycles. The number of allylic oxidation sites excluding steroid dienone is 5. The van der Waals surface area contributed by atoms with Crippen molar-refractivity contribution >= 4 is 5.91 Å². The van der Waals surface area contributed by atoms with Gasteiger partial charge in [0.15, 0.2) is 0 Å². The van der Waals surface area contributed by atoms with Gasteiger partial charge < -0.3 is 15.5 Å². The molecule has 3 N–H and O–H groups in total. The topological polar surface area (TPSA) is 69.6 Å². The average molecular weight is 604 g/mol. The summed E-state index contributed by atoms with van der Waals surface area (Å²) >= 11 is 0. The van der Waals surface area contributed by atoms with Gasteiger partial charge in [-0.3, -0.25) is 4.79 Å². The first kappa shape index (κ1) is 41.6. The molecule has 0 radical (unpaired) electrons. The van der Waals surface area contributed by atoms with Gasteiger partial charge in [-0.25, -0.2) is 0 Å². The molecule has 0 rings (SSSR count). The lowest BCUT2D eigenvalue weighted by Crippen LogP contribution is -2.45. The summed E-state index contributed by atoms with van der Waals surface area (Å²) < 4.78 is 0.